The number of piperidine rings is 1. The first kappa shape index (κ1) is 21.7. The van der Waals surface area contributed by atoms with Gasteiger partial charge in [-0.25, -0.2) is 4.39 Å². The molecule has 1 atom stereocenters. The molecule has 2 amide bonds. The molecule has 2 aromatic carbocycles. The Balaban J connectivity index is 1.46. The molecule has 1 aromatic heterocycles. The maximum atomic E-state index is 13.2. The van der Waals surface area contributed by atoms with E-state index in [9.17, 15) is 14.0 Å². The summed E-state index contributed by atoms with van der Waals surface area (Å²) < 4.78 is 18.5. The number of nitrogens with zero attached hydrogens (tertiary/aromatic N) is 2. The van der Waals surface area contributed by atoms with E-state index in [0.29, 0.717) is 18.7 Å². The lowest BCUT2D eigenvalue weighted by Crippen LogP contribution is -2.51. The SMILES string of the molecule is Cc1ccc(-c2cc(C(=O)N3CCCC[C@@H]3C(=O)NCc3ccc(F)cc3)no2)cc1C. The minimum Gasteiger partial charge on any atom is -0.355 e. The third-order valence-electron chi connectivity index (χ3n) is 5.97. The lowest BCUT2D eigenvalue weighted by Gasteiger charge is -2.34. The van der Waals surface area contributed by atoms with Crippen LogP contribution in [0.15, 0.2) is 53.1 Å². The van der Waals surface area contributed by atoms with Gasteiger partial charge in [0.2, 0.25) is 5.91 Å². The van der Waals surface area contributed by atoms with Gasteiger partial charge < -0.3 is 14.7 Å². The fourth-order valence-electron chi connectivity index (χ4n) is 3.91. The highest BCUT2D eigenvalue weighted by atomic mass is 19.1. The molecule has 0 saturated carbocycles. The molecule has 0 radical (unpaired) electrons. The molecule has 0 spiro atoms. The average molecular weight is 435 g/mol. The van der Waals surface area contributed by atoms with Gasteiger partial charge in [0.15, 0.2) is 11.5 Å². The van der Waals surface area contributed by atoms with Crippen LogP contribution >= 0.6 is 0 Å². The second kappa shape index (κ2) is 9.34. The molecule has 32 heavy (non-hydrogen) atoms. The van der Waals surface area contributed by atoms with Crippen molar-refractivity contribution in [2.75, 3.05) is 6.54 Å². The average Bonchev–Trinajstić information content (AvgIpc) is 3.30. The lowest BCUT2D eigenvalue weighted by atomic mass is 10.0. The first-order chi connectivity index (χ1) is 15.4. The molecule has 1 saturated heterocycles. The summed E-state index contributed by atoms with van der Waals surface area (Å²) >= 11 is 0. The summed E-state index contributed by atoms with van der Waals surface area (Å²) in [6, 6.07) is 13.0. The van der Waals surface area contributed by atoms with E-state index in [4.69, 9.17) is 4.52 Å². The summed E-state index contributed by atoms with van der Waals surface area (Å²) in [7, 11) is 0. The molecule has 6 nitrogen and oxygen atoms in total. The number of aromatic nitrogens is 1. The van der Waals surface area contributed by atoms with Gasteiger partial charge in [-0.05, 0) is 68.0 Å². The molecule has 7 heteroatoms. The largest absolute Gasteiger partial charge is 0.355 e. The first-order valence-corrected chi connectivity index (χ1v) is 10.8. The fraction of sp³-hybridized carbons (Fsp3) is 0.320. The topological polar surface area (TPSA) is 75.4 Å². The van der Waals surface area contributed by atoms with Gasteiger partial charge >= 0.3 is 0 Å². The Kier molecular flexibility index (Phi) is 6.35. The Hall–Kier alpha value is -3.48. The third-order valence-corrected chi connectivity index (χ3v) is 5.97. The van der Waals surface area contributed by atoms with E-state index >= 15 is 0 Å². The molecular weight excluding hydrogens is 409 g/mol. The number of halogens is 1. The highest BCUT2D eigenvalue weighted by molar-refractivity contribution is 5.96. The van der Waals surface area contributed by atoms with E-state index < -0.39 is 6.04 Å². The number of carbonyl (C=O) groups excluding carboxylic acids is 2. The predicted molar refractivity (Wildman–Crippen MR) is 118 cm³/mol. The van der Waals surface area contributed by atoms with Crippen LogP contribution in [0.25, 0.3) is 11.3 Å². The Morgan fingerprint density at radius 1 is 1.09 bits per heavy atom. The van der Waals surface area contributed by atoms with Gasteiger partial charge in [0, 0.05) is 24.7 Å². The number of nitrogens with one attached hydrogen (secondary N) is 1. The molecule has 0 unspecified atom stereocenters. The Bertz CT molecular complexity index is 1120. The lowest BCUT2D eigenvalue weighted by molar-refractivity contribution is -0.126. The maximum Gasteiger partial charge on any atom is 0.276 e. The van der Waals surface area contributed by atoms with Crippen LogP contribution in [-0.2, 0) is 11.3 Å². The Labute approximate surface area is 186 Å². The van der Waals surface area contributed by atoms with Gasteiger partial charge in [0.25, 0.3) is 5.91 Å². The summed E-state index contributed by atoms with van der Waals surface area (Å²) in [4.78, 5) is 27.6. The van der Waals surface area contributed by atoms with E-state index in [1.165, 1.54) is 17.7 Å². The summed E-state index contributed by atoms with van der Waals surface area (Å²) in [5.74, 6) is -0.339. The van der Waals surface area contributed by atoms with Crippen molar-refractivity contribution in [3.8, 4) is 11.3 Å². The molecule has 1 N–H and O–H groups in total. The van der Waals surface area contributed by atoms with Crippen LogP contribution in [0.3, 0.4) is 0 Å². The van der Waals surface area contributed by atoms with E-state index in [1.807, 2.05) is 32.0 Å². The van der Waals surface area contributed by atoms with Gasteiger partial charge in [-0.1, -0.05) is 29.4 Å². The summed E-state index contributed by atoms with van der Waals surface area (Å²) in [6.45, 7) is 4.81. The zero-order chi connectivity index (χ0) is 22.7. The standard InChI is InChI=1S/C25H26FN3O3/c1-16-6-9-19(13-17(16)2)23-14-21(28-32-23)25(31)29-12-4-3-5-22(29)24(30)27-15-18-7-10-20(26)11-8-18/h6-11,13-14,22H,3-5,12,15H2,1-2H3,(H,27,30)/t22-/m1/s1. The van der Waals surface area contributed by atoms with Crippen molar-refractivity contribution in [3.63, 3.8) is 0 Å². The number of hydrogen-bond acceptors (Lipinski definition) is 4. The molecule has 0 aliphatic carbocycles. The quantitative estimate of drug-likeness (QED) is 0.644. The van der Waals surface area contributed by atoms with Crippen LogP contribution in [-0.4, -0.2) is 34.5 Å². The van der Waals surface area contributed by atoms with Crippen molar-refractivity contribution in [1.82, 2.24) is 15.4 Å². The van der Waals surface area contributed by atoms with E-state index in [0.717, 1.165) is 29.5 Å². The van der Waals surface area contributed by atoms with Gasteiger partial charge in [-0.15, -0.1) is 0 Å². The smallest absolute Gasteiger partial charge is 0.276 e. The molecule has 0 bridgehead atoms. The van der Waals surface area contributed by atoms with Crippen LogP contribution in [0.4, 0.5) is 4.39 Å². The van der Waals surface area contributed by atoms with Crippen LogP contribution in [0, 0.1) is 19.7 Å². The number of hydrogen-bond donors (Lipinski definition) is 1. The molecule has 166 valence electrons. The molecule has 2 heterocycles. The van der Waals surface area contributed by atoms with Gasteiger partial charge in [-0.2, -0.15) is 0 Å². The molecule has 1 aliphatic rings. The zero-order valence-electron chi connectivity index (χ0n) is 18.2. The first-order valence-electron chi connectivity index (χ1n) is 10.8. The van der Waals surface area contributed by atoms with Gasteiger partial charge in [-0.3, -0.25) is 9.59 Å². The molecule has 1 aliphatic heterocycles. The second-order valence-electron chi connectivity index (χ2n) is 8.23. The number of aryl methyl sites for hydroxylation is 2. The van der Waals surface area contributed by atoms with Crippen molar-refractivity contribution in [3.05, 3.63) is 76.7 Å². The monoisotopic (exact) mass is 435 g/mol. The zero-order valence-corrected chi connectivity index (χ0v) is 18.2. The van der Waals surface area contributed by atoms with Crippen LogP contribution in [0.2, 0.25) is 0 Å². The summed E-state index contributed by atoms with van der Waals surface area (Å²) in [5.41, 5.74) is 4.14. The second-order valence-corrected chi connectivity index (χ2v) is 8.23. The van der Waals surface area contributed by atoms with Crippen LogP contribution in [0.5, 0.6) is 0 Å². The van der Waals surface area contributed by atoms with Crippen LogP contribution in [0.1, 0.15) is 46.4 Å². The van der Waals surface area contributed by atoms with Crippen molar-refractivity contribution >= 4 is 11.8 Å². The van der Waals surface area contributed by atoms with Crippen molar-refractivity contribution in [2.45, 2.75) is 45.7 Å². The minimum absolute atomic E-state index is 0.191. The molecule has 4 rings (SSSR count). The normalized spacial score (nSPS) is 16.1. The van der Waals surface area contributed by atoms with Crippen LogP contribution < -0.4 is 5.32 Å². The Morgan fingerprint density at radius 3 is 2.62 bits per heavy atom. The molecule has 1 fully saturated rings. The van der Waals surface area contributed by atoms with Crippen molar-refractivity contribution in [2.24, 2.45) is 0 Å². The molecular formula is C25H26FN3O3. The number of rotatable bonds is 5. The van der Waals surface area contributed by atoms with E-state index in [-0.39, 0.29) is 29.9 Å². The Morgan fingerprint density at radius 2 is 1.88 bits per heavy atom. The predicted octanol–water partition coefficient (Wildman–Crippen LogP) is 4.41. The highest BCUT2D eigenvalue weighted by Gasteiger charge is 2.34. The number of amides is 2. The van der Waals surface area contributed by atoms with E-state index in [2.05, 4.69) is 10.5 Å². The number of carbonyl (C=O) groups is 2. The van der Waals surface area contributed by atoms with Gasteiger partial charge in [0.05, 0.1) is 0 Å². The van der Waals surface area contributed by atoms with Gasteiger partial charge in [0.1, 0.15) is 11.9 Å². The summed E-state index contributed by atoms with van der Waals surface area (Å²) in [6.07, 6.45) is 2.28. The molecule has 3 aromatic rings. The third kappa shape index (κ3) is 4.72. The minimum atomic E-state index is -0.571. The number of benzene rings is 2. The summed E-state index contributed by atoms with van der Waals surface area (Å²) in [5, 5.41) is 6.85. The maximum absolute atomic E-state index is 13.2. The van der Waals surface area contributed by atoms with Crippen molar-refractivity contribution < 1.29 is 18.5 Å². The fourth-order valence-corrected chi connectivity index (χ4v) is 3.91. The number of likely N-dealkylation sites (tertiary alicyclic amines) is 1. The van der Waals surface area contributed by atoms with Crippen molar-refractivity contribution in [1.29, 1.82) is 0 Å². The highest BCUT2D eigenvalue weighted by Crippen LogP contribution is 2.25. The van der Waals surface area contributed by atoms with E-state index in [1.54, 1.807) is 23.1 Å².